The van der Waals surface area contributed by atoms with Gasteiger partial charge in [0.25, 0.3) is 0 Å². The van der Waals surface area contributed by atoms with Crippen molar-refractivity contribution in [2.45, 2.75) is 6.61 Å². The smallest absolute Gasteiger partial charge is 0.176 e. The molecule has 0 saturated carbocycles. The minimum Gasteiger partial charge on any atom is -0.485 e. The first kappa shape index (κ1) is 17.8. The van der Waals surface area contributed by atoms with E-state index in [0.717, 1.165) is 5.69 Å². The molecule has 1 aromatic heterocycles. The van der Waals surface area contributed by atoms with E-state index in [4.69, 9.17) is 17.0 Å². The molecule has 4 nitrogen and oxygen atoms in total. The lowest BCUT2D eigenvalue weighted by molar-refractivity contribution is 0.293. The number of rotatable bonds is 5. The Bertz CT molecular complexity index is 886. The Kier molecular flexibility index (Phi) is 5.70. The first-order valence-corrected chi connectivity index (χ1v) is 8.18. The Morgan fingerprint density at radius 1 is 0.923 bits per heavy atom. The molecule has 0 spiro atoms. The van der Waals surface area contributed by atoms with Crippen LogP contribution in [0.5, 0.6) is 5.75 Å². The molecule has 3 aromatic rings. The Morgan fingerprint density at radius 2 is 1.65 bits per heavy atom. The molecule has 1 heterocycles. The van der Waals surface area contributed by atoms with Crippen molar-refractivity contribution in [3.05, 3.63) is 84.1 Å². The number of benzene rings is 2. The zero-order chi connectivity index (χ0) is 18.4. The van der Waals surface area contributed by atoms with Gasteiger partial charge in [-0.25, -0.2) is 13.8 Å². The second kappa shape index (κ2) is 8.35. The van der Waals surface area contributed by atoms with E-state index in [-0.39, 0.29) is 12.2 Å². The van der Waals surface area contributed by atoms with Crippen LogP contribution in [-0.4, -0.2) is 10.1 Å². The number of nitrogens with zero attached hydrogens (tertiary/aromatic N) is 1. The van der Waals surface area contributed by atoms with E-state index in [2.05, 4.69) is 15.6 Å². The van der Waals surface area contributed by atoms with Gasteiger partial charge in [0.05, 0.1) is 5.56 Å². The van der Waals surface area contributed by atoms with Crippen molar-refractivity contribution in [1.29, 1.82) is 0 Å². The zero-order valence-corrected chi connectivity index (χ0v) is 14.4. The highest BCUT2D eigenvalue weighted by molar-refractivity contribution is 7.80. The van der Waals surface area contributed by atoms with Gasteiger partial charge in [-0.05, 0) is 48.6 Å². The Hall–Kier alpha value is -3.06. The van der Waals surface area contributed by atoms with Crippen LogP contribution in [0.4, 0.5) is 20.3 Å². The molecule has 26 heavy (non-hydrogen) atoms. The summed E-state index contributed by atoms with van der Waals surface area (Å²) in [6.45, 7) is -0.266. The van der Waals surface area contributed by atoms with Crippen LogP contribution >= 0.6 is 12.2 Å². The molecule has 0 fully saturated rings. The molecular weight excluding hydrogens is 356 g/mol. The van der Waals surface area contributed by atoms with E-state index in [0.29, 0.717) is 16.7 Å². The maximum Gasteiger partial charge on any atom is 0.176 e. The van der Waals surface area contributed by atoms with Crippen molar-refractivity contribution >= 4 is 28.8 Å². The van der Waals surface area contributed by atoms with E-state index in [1.165, 1.54) is 18.2 Å². The van der Waals surface area contributed by atoms with E-state index >= 15 is 0 Å². The van der Waals surface area contributed by atoms with Crippen LogP contribution in [0.15, 0.2) is 66.9 Å². The van der Waals surface area contributed by atoms with Crippen LogP contribution in [0.2, 0.25) is 0 Å². The molecule has 132 valence electrons. The van der Waals surface area contributed by atoms with Gasteiger partial charge in [0.1, 0.15) is 18.2 Å². The summed E-state index contributed by atoms with van der Waals surface area (Å²) in [6.07, 6.45) is 1.56. The van der Waals surface area contributed by atoms with Gasteiger partial charge in [-0.3, -0.25) is 0 Å². The molecule has 7 heteroatoms. The molecule has 0 atom stereocenters. The minimum atomic E-state index is -0.662. The molecule has 0 unspecified atom stereocenters. The summed E-state index contributed by atoms with van der Waals surface area (Å²) in [5, 5.41) is 6.25. The topological polar surface area (TPSA) is 46.2 Å². The summed E-state index contributed by atoms with van der Waals surface area (Å²) in [4.78, 5) is 4.17. The second-order valence-corrected chi connectivity index (χ2v) is 5.69. The number of ether oxygens (including phenoxy) is 1. The predicted octanol–water partition coefficient (Wildman–Crippen LogP) is 4.75. The van der Waals surface area contributed by atoms with E-state index in [9.17, 15) is 8.78 Å². The molecule has 0 radical (unpaired) electrons. The van der Waals surface area contributed by atoms with E-state index in [1.807, 2.05) is 30.3 Å². The lowest BCUT2D eigenvalue weighted by Gasteiger charge is -2.14. The van der Waals surface area contributed by atoms with Crippen molar-refractivity contribution in [3.63, 3.8) is 0 Å². The van der Waals surface area contributed by atoms with Crippen molar-refractivity contribution < 1.29 is 13.5 Å². The van der Waals surface area contributed by atoms with Crippen molar-refractivity contribution in [2.75, 3.05) is 10.6 Å². The highest BCUT2D eigenvalue weighted by Crippen LogP contribution is 2.23. The van der Waals surface area contributed by atoms with Crippen LogP contribution in [0.1, 0.15) is 5.56 Å². The quantitative estimate of drug-likeness (QED) is 0.634. The average Bonchev–Trinajstić information content (AvgIpc) is 2.63. The zero-order valence-electron chi connectivity index (χ0n) is 13.6. The predicted molar refractivity (Wildman–Crippen MR) is 101 cm³/mol. The van der Waals surface area contributed by atoms with Crippen molar-refractivity contribution in [2.24, 2.45) is 0 Å². The number of anilines is 2. The van der Waals surface area contributed by atoms with Gasteiger partial charge in [0, 0.05) is 11.9 Å². The third-order valence-electron chi connectivity index (χ3n) is 3.47. The summed E-state index contributed by atoms with van der Waals surface area (Å²) in [5.74, 6) is -0.653. The molecule has 0 aliphatic rings. The first-order valence-electron chi connectivity index (χ1n) is 7.77. The average molecular weight is 371 g/mol. The van der Waals surface area contributed by atoms with Crippen LogP contribution in [0, 0.1) is 11.6 Å². The third kappa shape index (κ3) is 4.52. The fraction of sp³-hybridized carbons (Fsp3) is 0.0526. The van der Waals surface area contributed by atoms with Crippen LogP contribution in [0.3, 0.4) is 0 Å². The van der Waals surface area contributed by atoms with Crippen molar-refractivity contribution in [3.8, 4) is 5.75 Å². The van der Waals surface area contributed by atoms with Crippen LogP contribution < -0.4 is 15.4 Å². The van der Waals surface area contributed by atoms with Gasteiger partial charge >= 0.3 is 0 Å². The summed E-state index contributed by atoms with van der Waals surface area (Å²) in [6, 6.07) is 16.4. The number of hydrogen-bond acceptors (Lipinski definition) is 3. The summed E-state index contributed by atoms with van der Waals surface area (Å²) < 4.78 is 33.0. The standard InChI is InChI=1S/C19H15F2N3OS/c20-15-8-4-9-16(21)14(15)12-25-17-10-5-11-22-18(17)24-19(26)23-13-6-2-1-3-7-13/h1-11H,12H2,(H2,22,23,24,26). The number of thiocarbonyl (C=S) groups is 1. The Labute approximate surface area is 154 Å². The lowest BCUT2D eigenvalue weighted by Crippen LogP contribution is -2.20. The summed E-state index contributed by atoms with van der Waals surface area (Å²) in [7, 11) is 0. The molecule has 0 saturated heterocycles. The molecule has 0 bridgehead atoms. The third-order valence-corrected chi connectivity index (χ3v) is 3.67. The first-order chi connectivity index (χ1) is 12.6. The largest absolute Gasteiger partial charge is 0.485 e. The van der Waals surface area contributed by atoms with Gasteiger partial charge in [0.2, 0.25) is 0 Å². The SMILES string of the molecule is Fc1cccc(F)c1COc1cccnc1NC(=S)Nc1ccccc1. The second-order valence-electron chi connectivity index (χ2n) is 5.28. The molecule has 0 amide bonds. The molecule has 0 aliphatic heterocycles. The summed E-state index contributed by atoms with van der Waals surface area (Å²) in [5.41, 5.74) is 0.670. The molecule has 2 aromatic carbocycles. The molecule has 0 aliphatic carbocycles. The number of halogens is 2. The number of para-hydroxylation sites is 1. The van der Waals surface area contributed by atoms with Crippen LogP contribution in [-0.2, 0) is 6.61 Å². The van der Waals surface area contributed by atoms with Gasteiger partial charge in [-0.15, -0.1) is 0 Å². The fourth-order valence-electron chi connectivity index (χ4n) is 2.21. The number of pyridine rings is 1. The molecule has 3 rings (SSSR count). The van der Waals surface area contributed by atoms with Gasteiger partial charge in [-0.2, -0.15) is 0 Å². The minimum absolute atomic E-state index is 0.146. The highest BCUT2D eigenvalue weighted by Gasteiger charge is 2.12. The van der Waals surface area contributed by atoms with Gasteiger partial charge < -0.3 is 15.4 Å². The van der Waals surface area contributed by atoms with Crippen LogP contribution in [0.25, 0.3) is 0 Å². The normalized spacial score (nSPS) is 10.2. The molecule has 2 N–H and O–H groups in total. The fourth-order valence-corrected chi connectivity index (χ4v) is 2.43. The monoisotopic (exact) mass is 371 g/mol. The van der Waals surface area contributed by atoms with E-state index < -0.39 is 11.6 Å². The molecular formula is C19H15F2N3OS. The van der Waals surface area contributed by atoms with E-state index in [1.54, 1.807) is 18.3 Å². The maximum atomic E-state index is 13.7. The maximum absolute atomic E-state index is 13.7. The Morgan fingerprint density at radius 3 is 2.38 bits per heavy atom. The van der Waals surface area contributed by atoms with Crippen molar-refractivity contribution in [1.82, 2.24) is 4.98 Å². The van der Waals surface area contributed by atoms with Gasteiger partial charge in [0.15, 0.2) is 16.7 Å². The number of nitrogens with one attached hydrogen (secondary N) is 2. The highest BCUT2D eigenvalue weighted by atomic mass is 32.1. The number of hydrogen-bond donors (Lipinski definition) is 2. The summed E-state index contributed by atoms with van der Waals surface area (Å²) >= 11 is 5.26. The Balaban J connectivity index is 1.69. The number of aromatic nitrogens is 1. The van der Waals surface area contributed by atoms with Gasteiger partial charge in [-0.1, -0.05) is 24.3 Å². The lowest BCUT2D eigenvalue weighted by atomic mass is 10.2.